The standard InChI is InChI=1S/C16H18N4O5S/c17-26(23,24)12-6-4-10(5-7-12)8-18-15(22)13-9-25-16(19-13)20-14(21)11-2-1-3-11/h4-7,9,11H,1-3,8H2,(H,18,22)(H2,17,23,24)(H,19,20,21). The summed E-state index contributed by atoms with van der Waals surface area (Å²) in [6, 6.07) is 5.81. The van der Waals surface area contributed by atoms with E-state index in [2.05, 4.69) is 15.6 Å². The van der Waals surface area contributed by atoms with Crippen LogP contribution in [0.3, 0.4) is 0 Å². The first-order valence-corrected chi connectivity index (χ1v) is 9.54. The van der Waals surface area contributed by atoms with Gasteiger partial charge in [-0.05, 0) is 30.5 Å². The van der Waals surface area contributed by atoms with Crippen molar-refractivity contribution in [2.75, 3.05) is 5.32 Å². The van der Waals surface area contributed by atoms with E-state index >= 15 is 0 Å². The molecule has 10 heteroatoms. The third kappa shape index (κ3) is 4.27. The van der Waals surface area contributed by atoms with Crippen LogP contribution >= 0.6 is 0 Å². The maximum absolute atomic E-state index is 12.1. The molecule has 1 aliphatic rings. The topological polar surface area (TPSA) is 144 Å². The zero-order chi connectivity index (χ0) is 18.7. The normalized spacial score (nSPS) is 14.5. The van der Waals surface area contributed by atoms with Gasteiger partial charge in [0.2, 0.25) is 15.9 Å². The molecular weight excluding hydrogens is 360 g/mol. The smallest absolute Gasteiger partial charge is 0.302 e. The summed E-state index contributed by atoms with van der Waals surface area (Å²) in [5.41, 5.74) is 0.725. The molecule has 9 nitrogen and oxygen atoms in total. The molecule has 1 aromatic heterocycles. The first kappa shape index (κ1) is 18.1. The Balaban J connectivity index is 1.54. The van der Waals surface area contributed by atoms with Gasteiger partial charge >= 0.3 is 6.01 Å². The van der Waals surface area contributed by atoms with Crippen LogP contribution in [0.4, 0.5) is 6.01 Å². The van der Waals surface area contributed by atoms with Gasteiger partial charge in [0, 0.05) is 12.5 Å². The maximum atomic E-state index is 12.1. The molecule has 26 heavy (non-hydrogen) atoms. The fraction of sp³-hybridized carbons (Fsp3) is 0.312. The third-order valence-corrected chi connectivity index (χ3v) is 5.08. The summed E-state index contributed by atoms with van der Waals surface area (Å²) in [4.78, 5) is 27.8. The number of aromatic nitrogens is 1. The summed E-state index contributed by atoms with van der Waals surface area (Å²) in [7, 11) is -3.75. The van der Waals surface area contributed by atoms with Crippen LogP contribution in [0, 0.1) is 5.92 Å². The Morgan fingerprint density at radius 2 is 1.92 bits per heavy atom. The molecule has 1 fully saturated rings. The Morgan fingerprint density at radius 1 is 1.23 bits per heavy atom. The van der Waals surface area contributed by atoms with Gasteiger partial charge in [-0.25, -0.2) is 13.6 Å². The molecule has 0 saturated heterocycles. The van der Waals surface area contributed by atoms with E-state index in [-0.39, 0.29) is 35.0 Å². The highest BCUT2D eigenvalue weighted by Gasteiger charge is 2.26. The largest absolute Gasteiger partial charge is 0.431 e. The average Bonchev–Trinajstić information content (AvgIpc) is 2.99. The summed E-state index contributed by atoms with van der Waals surface area (Å²) in [5, 5.41) is 10.2. The SMILES string of the molecule is NS(=O)(=O)c1ccc(CNC(=O)c2coc(NC(=O)C3CCC3)n2)cc1. The molecule has 2 aromatic rings. The molecule has 138 valence electrons. The van der Waals surface area contributed by atoms with Crippen molar-refractivity contribution in [2.45, 2.75) is 30.7 Å². The molecule has 2 amide bonds. The Bertz CT molecular complexity index is 916. The number of carbonyl (C=O) groups excluding carboxylic acids is 2. The summed E-state index contributed by atoms with van der Waals surface area (Å²) in [5.74, 6) is -0.645. The van der Waals surface area contributed by atoms with Gasteiger partial charge in [0.1, 0.15) is 6.26 Å². The van der Waals surface area contributed by atoms with E-state index in [4.69, 9.17) is 9.56 Å². The minimum atomic E-state index is -3.75. The lowest BCUT2D eigenvalue weighted by Gasteiger charge is -2.22. The highest BCUT2D eigenvalue weighted by molar-refractivity contribution is 7.89. The number of oxazole rings is 1. The van der Waals surface area contributed by atoms with Crippen molar-refractivity contribution in [3.05, 3.63) is 41.8 Å². The van der Waals surface area contributed by atoms with Crippen LogP contribution in [0.2, 0.25) is 0 Å². The summed E-state index contributed by atoms with van der Waals surface area (Å²) < 4.78 is 27.5. The third-order valence-electron chi connectivity index (χ3n) is 4.15. The lowest BCUT2D eigenvalue weighted by molar-refractivity contribution is -0.122. The van der Waals surface area contributed by atoms with Crippen molar-refractivity contribution in [2.24, 2.45) is 11.1 Å². The van der Waals surface area contributed by atoms with Gasteiger partial charge in [0.15, 0.2) is 5.69 Å². The van der Waals surface area contributed by atoms with Crippen LogP contribution in [-0.2, 0) is 21.4 Å². The van der Waals surface area contributed by atoms with Gasteiger partial charge in [-0.2, -0.15) is 4.98 Å². The van der Waals surface area contributed by atoms with Crippen LogP contribution < -0.4 is 15.8 Å². The van der Waals surface area contributed by atoms with E-state index in [0.717, 1.165) is 25.5 Å². The highest BCUT2D eigenvalue weighted by Crippen LogP contribution is 2.27. The number of rotatable bonds is 6. The second kappa shape index (κ2) is 7.26. The fourth-order valence-electron chi connectivity index (χ4n) is 2.38. The number of sulfonamides is 1. The van der Waals surface area contributed by atoms with Crippen molar-refractivity contribution in [3.63, 3.8) is 0 Å². The Morgan fingerprint density at radius 3 is 2.50 bits per heavy atom. The number of carbonyl (C=O) groups is 2. The number of primary sulfonamides is 1. The van der Waals surface area contributed by atoms with Gasteiger partial charge < -0.3 is 9.73 Å². The first-order chi connectivity index (χ1) is 12.3. The fourth-order valence-corrected chi connectivity index (χ4v) is 2.90. The van der Waals surface area contributed by atoms with E-state index in [0.29, 0.717) is 5.56 Å². The van der Waals surface area contributed by atoms with Crippen molar-refractivity contribution < 1.29 is 22.4 Å². The number of hydrogen-bond acceptors (Lipinski definition) is 6. The second-order valence-electron chi connectivity index (χ2n) is 6.03. The van der Waals surface area contributed by atoms with Crippen LogP contribution in [0.5, 0.6) is 0 Å². The lowest BCUT2D eigenvalue weighted by atomic mass is 9.85. The molecule has 0 aliphatic heterocycles. The molecule has 4 N–H and O–H groups in total. The summed E-state index contributed by atoms with van der Waals surface area (Å²) in [6.07, 6.45) is 3.90. The second-order valence-corrected chi connectivity index (χ2v) is 7.59. The van der Waals surface area contributed by atoms with Crippen molar-refractivity contribution >= 4 is 27.9 Å². The number of nitrogens with one attached hydrogen (secondary N) is 2. The van der Waals surface area contributed by atoms with E-state index in [1.54, 1.807) is 12.1 Å². The van der Waals surface area contributed by atoms with Crippen molar-refractivity contribution in [1.82, 2.24) is 10.3 Å². The average molecular weight is 378 g/mol. The van der Waals surface area contributed by atoms with Gasteiger partial charge in [0.05, 0.1) is 4.90 Å². The van der Waals surface area contributed by atoms with Crippen molar-refractivity contribution in [1.29, 1.82) is 0 Å². The molecule has 0 spiro atoms. The van der Waals surface area contributed by atoms with Crippen LogP contribution in [0.1, 0.15) is 35.3 Å². The summed E-state index contributed by atoms with van der Waals surface area (Å²) >= 11 is 0. The predicted octanol–water partition coefficient (Wildman–Crippen LogP) is 0.991. The lowest BCUT2D eigenvalue weighted by Crippen LogP contribution is -2.28. The van der Waals surface area contributed by atoms with Crippen LogP contribution in [-0.4, -0.2) is 25.2 Å². The number of amides is 2. The quantitative estimate of drug-likeness (QED) is 0.683. The van der Waals surface area contributed by atoms with Crippen LogP contribution in [0.25, 0.3) is 0 Å². The molecule has 1 aliphatic carbocycles. The van der Waals surface area contributed by atoms with E-state index in [1.807, 2.05) is 0 Å². The number of hydrogen-bond donors (Lipinski definition) is 3. The molecule has 1 aromatic carbocycles. The zero-order valence-electron chi connectivity index (χ0n) is 13.8. The van der Waals surface area contributed by atoms with E-state index in [1.165, 1.54) is 12.1 Å². The minimum Gasteiger partial charge on any atom is -0.431 e. The molecule has 0 radical (unpaired) electrons. The predicted molar refractivity (Wildman–Crippen MR) is 91.5 cm³/mol. The van der Waals surface area contributed by atoms with Crippen molar-refractivity contribution in [3.8, 4) is 0 Å². The number of benzene rings is 1. The van der Waals surface area contributed by atoms with Gasteiger partial charge in [0.25, 0.3) is 5.91 Å². The van der Waals surface area contributed by atoms with Gasteiger partial charge in [-0.15, -0.1) is 0 Å². The number of anilines is 1. The van der Waals surface area contributed by atoms with Gasteiger partial charge in [-0.3, -0.25) is 14.9 Å². The molecule has 1 heterocycles. The van der Waals surface area contributed by atoms with Gasteiger partial charge in [-0.1, -0.05) is 18.6 Å². The molecule has 0 atom stereocenters. The monoisotopic (exact) mass is 378 g/mol. The Kier molecular flexibility index (Phi) is 5.05. The summed E-state index contributed by atoms with van der Waals surface area (Å²) in [6.45, 7) is 0.167. The molecule has 0 bridgehead atoms. The van der Waals surface area contributed by atoms with E-state index in [9.17, 15) is 18.0 Å². The first-order valence-electron chi connectivity index (χ1n) is 7.99. The minimum absolute atomic E-state index is 0.00377. The van der Waals surface area contributed by atoms with E-state index < -0.39 is 15.9 Å². The molecule has 3 rings (SSSR count). The molecule has 1 saturated carbocycles. The maximum Gasteiger partial charge on any atom is 0.302 e. The molecular formula is C16H18N4O5S. The van der Waals surface area contributed by atoms with Crippen LogP contribution in [0.15, 0.2) is 39.8 Å². The number of nitrogens with zero attached hydrogens (tertiary/aromatic N) is 1. The Labute approximate surface area is 150 Å². The molecule has 0 unspecified atom stereocenters. The highest BCUT2D eigenvalue weighted by atomic mass is 32.2. The Hall–Kier alpha value is -2.72. The number of nitrogens with two attached hydrogens (primary N) is 1. The zero-order valence-corrected chi connectivity index (χ0v) is 14.6.